The van der Waals surface area contributed by atoms with E-state index in [1.165, 1.54) is 13.2 Å². The number of phenols is 1. The fourth-order valence-electron chi connectivity index (χ4n) is 1.06. The van der Waals surface area contributed by atoms with Crippen LogP contribution in [0.4, 0.5) is 13.2 Å². The van der Waals surface area contributed by atoms with Crippen LogP contribution < -0.4 is 4.74 Å². The first kappa shape index (κ1) is 12.8. The molecule has 0 heterocycles. The molecule has 1 aromatic rings. The Morgan fingerprint density at radius 3 is 2.44 bits per heavy atom. The van der Waals surface area contributed by atoms with Crippen molar-refractivity contribution in [3.8, 4) is 11.5 Å². The Bertz CT molecular complexity index is 429. The maximum Gasteiger partial charge on any atom is 0.455 e. The van der Waals surface area contributed by atoms with Crippen LogP contribution in [0.15, 0.2) is 16.6 Å². The lowest BCUT2D eigenvalue weighted by atomic mass is 10.1. The number of alkyl halides is 3. The van der Waals surface area contributed by atoms with Gasteiger partial charge in [0.25, 0.3) is 5.78 Å². The summed E-state index contributed by atoms with van der Waals surface area (Å²) in [5, 5.41) is 9.38. The maximum atomic E-state index is 12.2. The highest BCUT2D eigenvalue weighted by atomic mass is 79.9. The van der Waals surface area contributed by atoms with Crippen molar-refractivity contribution in [1.29, 1.82) is 0 Å². The smallest absolute Gasteiger partial charge is 0.455 e. The quantitative estimate of drug-likeness (QED) is 0.854. The van der Waals surface area contributed by atoms with Crippen molar-refractivity contribution < 1.29 is 27.8 Å². The van der Waals surface area contributed by atoms with Gasteiger partial charge in [0.2, 0.25) is 0 Å². The zero-order valence-corrected chi connectivity index (χ0v) is 9.52. The van der Waals surface area contributed by atoms with E-state index in [1.807, 2.05) is 0 Å². The monoisotopic (exact) mass is 298 g/mol. The second kappa shape index (κ2) is 4.32. The number of Topliss-reactive ketones (excluding diaryl/α,β-unsaturated/α-hetero) is 1. The third-order valence-electron chi connectivity index (χ3n) is 1.76. The molecule has 88 valence electrons. The van der Waals surface area contributed by atoms with Crippen molar-refractivity contribution in [2.75, 3.05) is 7.11 Å². The molecule has 1 aromatic carbocycles. The summed E-state index contributed by atoms with van der Waals surface area (Å²) >= 11 is 2.91. The van der Waals surface area contributed by atoms with E-state index in [0.717, 1.165) is 6.07 Å². The molecule has 0 aliphatic rings. The van der Waals surface area contributed by atoms with Gasteiger partial charge in [0.1, 0.15) is 0 Å². The first-order chi connectivity index (χ1) is 7.27. The van der Waals surface area contributed by atoms with Gasteiger partial charge in [0, 0.05) is 4.47 Å². The Morgan fingerprint density at radius 2 is 2.00 bits per heavy atom. The normalized spacial score (nSPS) is 11.3. The SMILES string of the molecule is COc1cc(Br)cc(C(=O)C(F)(F)F)c1O. The van der Waals surface area contributed by atoms with Gasteiger partial charge in [0.15, 0.2) is 11.5 Å². The average Bonchev–Trinajstić information content (AvgIpc) is 2.18. The van der Waals surface area contributed by atoms with Crippen LogP contribution in [0.3, 0.4) is 0 Å². The van der Waals surface area contributed by atoms with E-state index in [9.17, 15) is 23.1 Å². The van der Waals surface area contributed by atoms with Gasteiger partial charge in [-0.3, -0.25) is 4.79 Å². The molecule has 0 aromatic heterocycles. The van der Waals surface area contributed by atoms with Crippen LogP contribution >= 0.6 is 15.9 Å². The lowest BCUT2D eigenvalue weighted by Crippen LogP contribution is -2.22. The third-order valence-corrected chi connectivity index (χ3v) is 2.22. The Morgan fingerprint density at radius 1 is 1.44 bits per heavy atom. The Balaban J connectivity index is 3.34. The van der Waals surface area contributed by atoms with Gasteiger partial charge in [-0.25, -0.2) is 0 Å². The predicted molar refractivity (Wildman–Crippen MR) is 52.7 cm³/mol. The molecule has 0 spiro atoms. The molecule has 1 rings (SSSR count). The van der Waals surface area contributed by atoms with Crippen LogP contribution in [0.5, 0.6) is 11.5 Å². The van der Waals surface area contributed by atoms with Crippen LogP contribution in [-0.4, -0.2) is 24.2 Å². The van der Waals surface area contributed by atoms with E-state index in [-0.39, 0.29) is 10.2 Å². The summed E-state index contributed by atoms with van der Waals surface area (Å²) in [4.78, 5) is 10.9. The van der Waals surface area contributed by atoms with Crippen LogP contribution in [0, 0.1) is 0 Å². The highest BCUT2D eigenvalue weighted by Gasteiger charge is 2.41. The van der Waals surface area contributed by atoms with Crippen molar-refractivity contribution >= 4 is 21.7 Å². The summed E-state index contributed by atoms with van der Waals surface area (Å²) in [7, 11) is 1.17. The highest BCUT2D eigenvalue weighted by molar-refractivity contribution is 9.10. The van der Waals surface area contributed by atoms with Gasteiger partial charge in [-0.2, -0.15) is 13.2 Å². The number of carbonyl (C=O) groups excluding carboxylic acids is 1. The number of hydrogen-bond donors (Lipinski definition) is 1. The van der Waals surface area contributed by atoms with Gasteiger partial charge in [-0.15, -0.1) is 0 Å². The third kappa shape index (κ3) is 2.46. The van der Waals surface area contributed by atoms with E-state index >= 15 is 0 Å². The van der Waals surface area contributed by atoms with Crippen molar-refractivity contribution in [2.24, 2.45) is 0 Å². The van der Waals surface area contributed by atoms with Crippen molar-refractivity contribution in [3.63, 3.8) is 0 Å². The van der Waals surface area contributed by atoms with Gasteiger partial charge in [-0.1, -0.05) is 15.9 Å². The molecular formula is C9H6BrF3O3. The zero-order valence-electron chi connectivity index (χ0n) is 7.93. The number of halogens is 4. The van der Waals surface area contributed by atoms with Gasteiger partial charge in [0.05, 0.1) is 12.7 Å². The standard InChI is InChI=1S/C9H6BrF3O3/c1-16-6-3-4(10)2-5(7(6)14)8(15)9(11,12)13/h2-3,14H,1H3. The summed E-state index contributed by atoms with van der Waals surface area (Å²) in [6.07, 6.45) is -5.04. The van der Waals surface area contributed by atoms with Gasteiger partial charge < -0.3 is 9.84 Å². The molecule has 16 heavy (non-hydrogen) atoms. The summed E-state index contributed by atoms with van der Waals surface area (Å²) in [5.74, 6) is -3.15. The molecule has 0 bridgehead atoms. The van der Waals surface area contributed by atoms with E-state index in [1.54, 1.807) is 0 Å². The predicted octanol–water partition coefficient (Wildman–Crippen LogP) is 2.91. The lowest BCUT2D eigenvalue weighted by Gasteiger charge is -2.10. The number of ether oxygens (including phenoxy) is 1. The highest BCUT2D eigenvalue weighted by Crippen LogP contribution is 2.36. The minimum Gasteiger partial charge on any atom is -0.504 e. The topological polar surface area (TPSA) is 46.5 Å². The number of ketones is 1. The van der Waals surface area contributed by atoms with E-state index in [0.29, 0.717) is 0 Å². The number of carbonyl (C=O) groups is 1. The average molecular weight is 299 g/mol. The Hall–Kier alpha value is -1.24. The summed E-state index contributed by atoms with van der Waals surface area (Å²) in [5.41, 5.74) is -0.848. The fraction of sp³-hybridized carbons (Fsp3) is 0.222. The molecule has 1 N–H and O–H groups in total. The van der Waals surface area contributed by atoms with Crippen molar-refractivity contribution in [2.45, 2.75) is 6.18 Å². The van der Waals surface area contributed by atoms with Gasteiger partial charge >= 0.3 is 6.18 Å². The van der Waals surface area contributed by atoms with Crippen LogP contribution in [-0.2, 0) is 0 Å². The summed E-state index contributed by atoms with van der Waals surface area (Å²) in [6, 6.07) is 2.14. The number of rotatable bonds is 2. The fourth-order valence-corrected chi connectivity index (χ4v) is 1.49. The van der Waals surface area contributed by atoms with E-state index in [4.69, 9.17) is 0 Å². The van der Waals surface area contributed by atoms with Crippen molar-refractivity contribution in [1.82, 2.24) is 0 Å². The molecule has 0 aliphatic heterocycles. The molecule has 0 unspecified atom stereocenters. The minimum absolute atomic E-state index is 0.203. The first-order valence-electron chi connectivity index (χ1n) is 3.95. The molecule has 0 saturated carbocycles. The first-order valence-corrected chi connectivity index (χ1v) is 4.74. The number of methoxy groups -OCH3 is 1. The van der Waals surface area contributed by atoms with Gasteiger partial charge in [-0.05, 0) is 12.1 Å². The van der Waals surface area contributed by atoms with Crippen molar-refractivity contribution in [3.05, 3.63) is 22.2 Å². The molecule has 0 atom stereocenters. The summed E-state index contributed by atoms with van der Waals surface area (Å²) in [6.45, 7) is 0. The zero-order chi connectivity index (χ0) is 12.5. The second-order valence-corrected chi connectivity index (χ2v) is 3.75. The molecule has 0 saturated heterocycles. The van der Waals surface area contributed by atoms with Crippen LogP contribution in [0.25, 0.3) is 0 Å². The largest absolute Gasteiger partial charge is 0.504 e. The number of phenolic OH excluding ortho intramolecular Hbond substituents is 1. The molecule has 0 aliphatic carbocycles. The van der Waals surface area contributed by atoms with E-state index < -0.39 is 23.3 Å². The molecule has 3 nitrogen and oxygen atoms in total. The number of hydrogen-bond acceptors (Lipinski definition) is 3. The molecule has 0 radical (unpaired) electrons. The lowest BCUT2D eigenvalue weighted by molar-refractivity contribution is -0.0886. The maximum absolute atomic E-state index is 12.2. The number of aromatic hydroxyl groups is 1. The Labute approximate surface area is 97.0 Å². The van der Waals surface area contributed by atoms with Crippen LogP contribution in [0.2, 0.25) is 0 Å². The molecule has 0 amide bonds. The second-order valence-electron chi connectivity index (χ2n) is 2.83. The summed E-state index contributed by atoms with van der Waals surface area (Å²) < 4.78 is 41.3. The molecular weight excluding hydrogens is 293 g/mol. The molecule has 0 fully saturated rings. The minimum atomic E-state index is -5.04. The van der Waals surface area contributed by atoms with Crippen LogP contribution in [0.1, 0.15) is 10.4 Å². The molecule has 7 heteroatoms. The van der Waals surface area contributed by atoms with E-state index in [2.05, 4.69) is 20.7 Å². The Kier molecular flexibility index (Phi) is 3.47. The number of benzene rings is 1.